The molecule has 4 N–H and O–H groups in total. The molecule has 0 unspecified atom stereocenters. The minimum absolute atomic E-state index is 0.0731. The van der Waals surface area contributed by atoms with Gasteiger partial charge >= 0.3 is 11.9 Å². The third-order valence-corrected chi connectivity index (χ3v) is 10.9. The highest BCUT2D eigenvalue weighted by molar-refractivity contribution is 5.87. The summed E-state index contributed by atoms with van der Waals surface area (Å²) < 4.78 is 29.2. The monoisotopic (exact) mass is 734 g/mol. The Labute approximate surface area is 311 Å². The van der Waals surface area contributed by atoms with Gasteiger partial charge in [0.1, 0.15) is 18.3 Å². The van der Waals surface area contributed by atoms with Gasteiger partial charge in [-0.2, -0.15) is 0 Å². The van der Waals surface area contributed by atoms with Gasteiger partial charge in [0.15, 0.2) is 5.79 Å². The van der Waals surface area contributed by atoms with Crippen LogP contribution in [0.2, 0.25) is 0 Å². The Hall–Kier alpha value is -2.80. The molecule has 0 aromatic heterocycles. The van der Waals surface area contributed by atoms with Gasteiger partial charge in [-0.05, 0) is 45.6 Å². The zero-order valence-corrected chi connectivity index (χ0v) is 33.3. The number of methoxy groups -OCH3 is 2. The quantitative estimate of drug-likeness (QED) is 0.173. The number of rotatable bonds is 9. The van der Waals surface area contributed by atoms with Gasteiger partial charge in [0.05, 0.1) is 31.5 Å². The second kappa shape index (κ2) is 20.6. The molecule has 0 amide bonds. The van der Waals surface area contributed by atoms with E-state index in [2.05, 4.69) is 0 Å². The molecule has 11 heteroatoms. The summed E-state index contributed by atoms with van der Waals surface area (Å²) in [5.41, 5.74) is 1.62. The maximum Gasteiger partial charge on any atom is 0.373 e. The van der Waals surface area contributed by atoms with Crippen LogP contribution in [0.4, 0.5) is 0 Å². The Bertz CT molecular complexity index is 1320. The van der Waals surface area contributed by atoms with Crippen molar-refractivity contribution >= 4 is 11.9 Å². The van der Waals surface area contributed by atoms with Crippen LogP contribution in [-0.2, 0) is 33.3 Å². The second-order valence-corrected chi connectivity index (χ2v) is 15.0. The van der Waals surface area contributed by atoms with Gasteiger partial charge in [-0.3, -0.25) is 4.79 Å². The molecule has 0 radical (unpaired) electrons. The molecule has 1 fully saturated rings. The predicted octanol–water partition coefficient (Wildman–Crippen LogP) is 5.57. The van der Waals surface area contributed by atoms with Crippen LogP contribution in [0.3, 0.4) is 0 Å². The fraction of sp³-hybridized carbons (Fsp3) is 0.707. The number of hydrogen-bond acceptors (Lipinski definition) is 11. The molecule has 0 spiro atoms. The van der Waals surface area contributed by atoms with E-state index < -0.39 is 72.3 Å². The summed E-state index contributed by atoms with van der Waals surface area (Å²) in [7, 11) is 2.82. The molecule has 2 rings (SSSR count). The average Bonchev–Trinajstić information content (AvgIpc) is 3.08. The average molecular weight is 735 g/mol. The Kier molecular flexibility index (Phi) is 18.0. The molecule has 0 saturated carbocycles. The van der Waals surface area contributed by atoms with Crippen molar-refractivity contribution in [3.63, 3.8) is 0 Å². The summed E-state index contributed by atoms with van der Waals surface area (Å²) in [4.78, 5) is 25.7. The van der Waals surface area contributed by atoms with Gasteiger partial charge in [-0.1, -0.05) is 89.1 Å². The highest BCUT2D eigenvalue weighted by atomic mass is 16.6. The maximum atomic E-state index is 13.8. The number of carbonyl (C=O) groups is 2. The lowest BCUT2D eigenvalue weighted by molar-refractivity contribution is -0.314. The van der Waals surface area contributed by atoms with E-state index in [1.165, 1.54) is 27.2 Å². The van der Waals surface area contributed by atoms with Gasteiger partial charge in [0, 0.05) is 50.0 Å². The van der Waals surface area contributed by atoms with Crippen molar-refractivity contribution in [1.82, 2.24) is 0 Å². The zero-order chi connectivity index (χ0) is 39.5. The van der Waals surface area contributed by atoms with Crippen molar-refractivity contribution in [1.29, 1.82) is 0 Å². The van der Waals surface area contributed by atoms with Crippen LogP contribution in [0.5, 0.6) is 0 Å². The van der Waals surface area contributed by atoms with Gasteiger partial charge in [-0.15, -0.1) is 0 Å². The fourth-order valence-corrected chi connectivity index (χ4v) is 7.52. The second-order valence-electron chi connectivity index (χ2n) is 15.0. The predicted molar refractivity (Wildman–Crippen MR) is 199 cm³/mol. The minimum atomic E-state index is -1.90. The number of ether oxygens (including phenoxy) is 5. The van der Waals surface area contributed by atoms with E-state index >= 15 is 0 Å². The highest BCUT2D eigenvalue weighted by Gasteiger charge is 2.52. The van der Waals surface area contributed by atoms with E-state index in [0.717, 1.165) is 5.57 Å². The first-order chi connectivity index (χ1) is 24.3. The first-order valence-corrected chi connectivity index (χ1v) is 18.6. The van der Waals surface area contributed by atoms with E-state index in [1.807, 2.05) is 53.7 Å². The lowest BCUT2D eigenvalue weighted by Gasteiger charge is -2.48. The molecule has 14 atom stereocenters. The Morgan fingerprint density at radius 2 is 1.79 bits per heavy atom. The van der Waals surface area contributed by atoms with Crippen LogP contribution in [0, 0.1) is 35.5 Å². The van der Waals surface area contributed by atoms with Gasteiger partial charge < -0.3 is 44.1 Å². The third kappa shape index (κ3) is 11.9. The van der Waals surface area contributed by atoms with Crippen LogP contribution in [0.25, 0.3) is 0 Å². The zero-order valence-electron chi connectivity index (χ0n) is 33.3. The molecule has 52 heavy (non-hydrogen) atoms. The lowest BCUT2D eigenvalue weighted by atomic mass is 9.77. The molecule has 2 heterocycles. The topological polar surface area (TPSA) is 161 Å². The Morgan fingerprint density at radius 3 is 2.35 bits per heavy atom. The van der Waals surface area contributed by atoms with Crippen molar-refractivity contribution < 1.29 is 53.7 Å². The van der Waals surface area contributed by atoms with Gasteiger partial charge in [-0.25, -0.2) is 4.79 Å². The number of carbonyl (C=O) groups excluding carboxylic acids is 2. The normalized spacial score (nSPS) is 39.9. The van der Waals surface area contributed by atoms with Gasteiger partial charge in [0.2, 0.25) is 5.76 Å². The first-order valence-electron chi connectivity index (χ1n) is 18.6. The number of aliphatic hydroxyl groups is 4. The Balaban J connectivity index is 2.61. The molecule has 0 aromatic rings. The summed E-state index contributed by atoms with van der Waals surface area (Å²) in [6.45, 7) is 17.9. The number of allylic oxidation sites excluding steroid dienone is 6. The number of esters is 2. The molecule has 1 saturated heterocycles. The summed E-state index contributed by atoms with van der Waals surface area (Å²) in [5, 5.41) is 46.4. The smallest absolute Gasteiger partial charge is 0.373 e. The Morgan fingerprint density at radius 1 is 1.13 bits per heavy atom. The molecule has 0 aliphatic carbocycles. The maximum absolute atomic E-state index is 13.8. The van der Waals surface area contributed by atoms with E-state index in [1.54, 1.807) is 45.1 Å². The van der Waals surface area contributed by atoms with Crippen LogP contribution in [0.1, 0.15) is 88.5 Å². The fourth-order valence-electron chi connectivity index (χ4n) is 7.52. The number of cyclic esters (lactones) is 1. The number of hydrogen-bond donors (Lipinski definition) is 4. The first kappa shape index (κ1) is 45.4. The molecule has 296 valence electrons. The summed E-state index contributed by atoms with van der Waals surface area (Å²) in [6.07, 6.45) is 7.38. The molecular formula is C41H66O11. The van der Waals surface area contributed by atoms with E-state index in [-0.39, 0.29) is 35.9 Å². The lowest BCUT2D eigenvalue weighted by Crippen LogP contribution is -2.58. The van der Waals surface area contributed by atoms with E-state index in [9.17, 15) is 30.0 Å². The molecule has 0 bridgehead atoms. The molecule has 11 nitrogen and oxygen atoms in total. The largest absolute Gasteiger partial charge is 0.490 e. The molecule has 2 aliphatic heterocycles. The number of aliphatic hydroxyl groups excluding tert-OH is 3. The van der Waals surface area contributed by atoms with Crippen LogP contribution in [0.15, 0.2) is 59.4 Å². The van der Waals surface area contributed by atoms with E-state index in [4.69, 9.17) is 23.7 Å². The summed E-state index contributed by atoms with van der Waals surface area (Å²) in [6, 6.07) is 0. The SMILES string of the molecule is C/C=C/[C@H]1O[C@@](O)([C@@H](C)[C@H](O)[C@H](C)[C@H]2OC(=O)/C(OC)=C/C(C)=C/[C@@H](C)[C@@H](O)[C@@H](CC)[C@@H](O)[C@H](C)C/C(C)=C/C=C/[C@@H]2OC)C[C@@H](OC(C)=O)[C@@H]1C. The third-order valence-electron chi connectivity index (χ3n) is 10.9. The molecule has 0 aromatic carbocycles. The van der Waals surface area contributed by atoms with Gasteiger partial charge in [0.25, 0.3) is 0 Å². The molecule has 2 aliphatic rings. The summed E-state index contributed by atoms with van der Waals surface area (Å²) >= 11 is 0. The van der Waals surface area contributed by atoms with Crippen molar-refractivity contribution in [2.24, 2.45) is 35.5 Å². The standard InChI is InChI=1S/C41H66O11/c1-13-16-32-27(7)35(50-30(10)42)22-41(47,52-32)29(9)38(45)28(8)39-33(48-11)18-15-17-23(3)19-25(5)36(43)31(14-2)37(44)26(6)20-24(4)21-34(49-12)40(46)51-39/h13,15-18,20-21,25-29,31-33,35-39,43-45,47H,14,19,22H2,1-12H3/b16-13+,18-15+,23-17+,24-20+,34-21-/t25-,26-,27-,28+,29+,31+,32-,33+,35-,36+,37-,38-,39-,41-/m1/s1. The van der Waals surface area contributed by atoms with Crippen LogP contribution in [-0.4, -0.2) is 95.1 Å². The van der Waals surface area contributed by atoms with Crippen molar-refractivity contribution in [3.05, 3.63) is 59.4 Å². The van der Waals surface area contributed by atoms with Crippen molar-refractivity contribution in [2.45, 2.75) is 137 Å². The van der Waals surface area contributed by atoms with Crippen molar-refractivity contribution in [3.8, 4) is 0 Å². The highest BCUT2D eigenvalue weighted by Crippen LogP contribution is 2.41. The van der Waals surface area contributed by atoms with Crippen molar-refractivity contribution in [2.75, 3.05) is 14.2 Å². The summed E-state index contributed by atoms with van der Waals surface area (Å²) in [5.74, 6) is -6.15. The van der Waals surface area contributed by atoms with Crippen LogP contribution >= 0.6 is 0 Å². The van der Waals surface area contributed by atoms with Crippen LogP contribution < -0.4 is 0 Å². The van der Waals surface area contributed by atoms with E-state index in [0.29, 0.717) is 18.4 Å². The molecular weight excluding hydrogens is 668 g/mol. The minimum Gasteiger partial charge on any atom is -0.490 e.